The van der Waals surface area contributed by atoms with Crippen LogP contribution in [0.15, 0.2) is 24.3 Å². The fourth-order valence-corrected chi connectivity index (χ4v) is 1.17. The van der Waals surface area contributed by atoms with Crippen molar-refractivity contribution in [2.45, 2.75) is 6.42 Å². The van der Waals surface area contributed by atoms with Gasteiger partial charge in [0, 0.05) is 18.7 Å². The largest absolute Gasteiger partial charge is 0.347 e. The van der Waals surface area contributed by atoms with Crippen LogP contribution in [0.3, 0.4) is 0 Å². The molecule has 0 heterocycles. The van der Waals surface area contributed by atoms with E-state index < -0.39 is 11.7 Å². The van der Waals surface area contributed by atoms with Gasteiger partial charge in [-0.2, -0.15) is 0 Å². The minimum atomic E-state index is -0.435. The Morgan fingerprint density at radius 3 is 2.71 bits per heavy atom. The summed E-state index contributed by atoms with van der Waals surface area (Å²) < 4.78 is 12.8. The lowest BCUT2D eigenvalue weighted by Gasteiger charge is -2.06. The van der Waals surface area contributed by atoms with E-state index in [4.69, 9.17) is 5.73 Å². The Labute approximate surface area is 98.2 Å². The first-order valence-electron chi connectivity index (χ1n) is 5.14. The zero-order valence-electron chi connectivity index (χ0n) is 9.20. The number of nitrogens with one attached hydrogen (secondary N) is 2. The number of amides is 2. The van der Waals surface area contributed by atoms with E-state index in [0.717, 1.165) is 0 Å². The second-order valence-electron chi connectivity index (χ2n) is 3.37. The van der Waals surface area contributed by atoms with Gasteiger partial charge in [0.15, 0.2) is 0 Å². The van der Waals surface area contributed by atoms with Crippen LogP contribution < -0.4 is 16.4 Å². The molecule has 4 N–H and O–H groups in total. The molecule has 0 atom stereocenters. The number of halogens is 1. The van der Waals surface area contributed by atoms with E-state index in [1.54, 1.807) is 6.07 Å². The van der Waals surface area contributed by atoms with Gasteiger partial charge in [0.25, 0.3) is 0 Å². The van der Waals surface area contributed by atoms with Crippen LogP contribution in [0.2, 0.25) is 0 Å². The van der Waals surface area contributed by atoms with Gasteiger partial charge < -0.3 is 16.4 Å². The van der Waals surface area contributed by atoms with Crippen molar-refractivity contribution in [3.05, 3.63) is 30.1 Å². The zero-order chi connectivity index (χ0) is 12.7. The second kappa shape index (κ2) is 6.59. The van der Waals surface area contributed by atoms with Crippen molar-refractivity contribution in [2.75, 3.05) is 18.4 Å². The molecule has 0 saturated heterocycles. The normalized spacial score (nSPS) is 9.76. The number of nitrogens with two attached hydrogens (primary N) is 1. The Balaban J connectivity index is 2.37. The summed E-state index contributed by atoms with van der Waals surface area (Å²) >= 11 is 0. The second-order valence-corrected chi connectivity index (χ2v) is 3.37. The summed E-state index contributed by atoms with van der Waals surface area (Å²) in [6.07, 6.45) is 0.174. The standard InChI is InChI=1S/C11H14FN3O2/c12-8-2-1-3-9(6-8)15-11(17)7-14-10(16)4-5-13/h1-3,6H,4-5,7,13H2,(H,14,16)(H,15,17). The molecule has 0 fully saturated rings. The molecule has 5 nitrogen and oxygen atoms in total. The molecule has 0 aromatic heterocycles. The van der Waals surface area contributed by atoms with Crippen LogP contribution in [0.5, 0.6) is 0 Å². The quantitative estimate of drug-likeness (QED) is 0.687. The third-order valence-corrected chi connectivity index (χ3v) is 1.93. The van der Waals surface area contributed by atoms with Crippen LogP contribution in [0.1, 0.15) is 6.42 Å². The van der Waals surface area contributed by atoms with Gasteiger partial charge in [-0.15, -0.1) is 0 Å². The number of anilines is 1. The van der Waals surface area contributed by atoms with E-state index in [1.165, 1.54) is 18.2 Å². The van der Waals surface area contributed by atoms with Crippen molar-refractivity contribution in [3.8, 4) is 0 Å². The van der Waals surface area contributed by atoms with E-state index in [0.29, 0.717) is 5.69 Å². The molecule has 0 spiro atoms. The third-order valence-electron chi connectivity index (χ3n) is 1.93. The number of rotatable bonds is 5. The lowest BCUT2D eigenvalue weighted by Crippen LogP contribution is -2.33. The summed E-state index contributed by atoms with van der Waals surface area (Å²) in [5, 5.41) is 4.85. The maximum absolute atomic E-state index is 12.8. The molecule has 0 bridgehead atoms. The van der Waals surface area contributed by atoms with Crippen LogP contribution in [-0.4, -0.2) is 24.9 Å². The predicted octanol–water partition coefficient (Wildman–Crippen LogP) is 0.229. The maximum Gasteiger partial charge on any atom is 0.243 e. The summed E-state index contributed by atoms with van der Waals surface area (Å²) in [5.41, 5.74) is 5.52. The third kappa shape index (κ3) is 5.07. The molecule has 1 aromatic carbocycles. The highest BCUT2D eigenvalue weighted by Gasteiger charge is 2.05. The average Bonchev–Trinajstić information content (AvgIpc) is 2.27. The van der Waals surface area contributed by atoms with Gasteiger partial charge in [-0.05, 0) is 18.2 Å². The van der Waals surface area contributed by atoms with E-state index in [-0.39, 0.29) is 25.4 Å². The first kappa shape index (κ1) is 13.1. The summed E-state index contributed by atoms with van der Waals surface area (Å²) in [6, 6.07) is 5.51. The van der Waals surface area contributed by atoms with Crippen molar-refractivity contribution in [3.63, 3.8) is 0 Å². The molecule has 0 saturated carbocycles. The van der Waals surface area contributed by atoms with Crippen molar-refractivity contribution in [1.82, 2.24) is 5.32 Å². The van der Waals surface area contributed by atoms with Crippen molar-refractivity contribution in [1.29, 1.82) is 0 Å². The van der Waals surface area contributed by atoms with E-state index in [1.807, 2.05) is 0 Å². The van der Waals surface area contributed by atoms with Gasteiger partial charge in [0.2, 0.25) is 11.8 Å². The number of benzene rings is 1. The monoisotopic (exact) mass is 239 g/mol. The molecule has 0 aliphatic heterocycles. The van der Waals surface area contributed by atoms with Crippen molar-refractivity contribution in [2.24, 2.45) is 5.73 Å². The van der Waals surface area contributed by atoms with Gasteiger partial charge in [0.1, 0.15) is 5.82 Å². The fourth-order valence-electron chi connectivity index (χ4n) is 1.17. The van der Waals surface area contributed by atoms with E-state index in [9.17, 15) is 14.0 Å². The molecule has 6 heteroatoms. The van der Waals surface area contributed by atoms with E-state index in [2.05, 4.69) is 10.6 Å². The molecule has 2 amide bonds. The molecular weight excluding hydrogens is 225 g/mol. The Hall–Kier alpha value is -1.95. The van der Waals surface area contributed by atoms with Gasteiger partial charge >= 0.3 is 0 Å². The molecular formula is C11H14FN3O2. The van der Waals surface area contributed by atoms with Crippen LogP contribution in [0.25, 0.3) is 0 Å². The minimum absolute atomic E-state index is 0.157. The Kier molecular flexibility index (Phi) is 5.09. The van der Waals surface area contributed by atoms with Crippen molar-refractivity contribution >= 4 is 17.5 Å². The Morgan fingerprint density at radius 1 is 1.29 bits per heavy atom. The number of hydrogen-bond acceptors (Lipinski definition) is 3. The first-order valence-corrected chi connectivity index (χ1v) is 5.14. The molecule has 0 aliphatic rings. The fraction of sp³-hybridized carbons (Fsp3) is 0.273. The minimum Gasteiger partial charge on any atom is -0.347 e. The molecule has 0 radical (unpaired) electrons. The highest BCUT2D eigenvalue weighted by atomic mass is 19.1. The summed E-state index contributed by atoms with van der Waals surface area (Å²) in [4.78, 5) is 22.4. The van der Waals surface area contributed by atoms with Gasteiger partial charge in [0.05, 0.1) is 6.54 Å². The smallest absolute Gasteiger partial charge is 0.243 e. The van der Waals surface area contributed by atoms with Gasteiger partial charge in [-0.1, -0.05) is 6.07 Å². The van der Waals surface area contributed by atoms with E-state index >= 15 is 0 Å². The summed E-state index contributed by atoms with van der Waals surface area (Å²) in [5.74, 6) is -1.14. The summed E-state index contributed by atoms with van der Waals surface area (Å²) in [7, 11) is 0. The van der Waals surface area contributed by atoms with Crippen LogP contribution in [0.4, 0.5) is 10.1 Å². The Morgan fingerprint density at radius 2 is 2.06 bits per heavy atom. The topological polar surface area (TPSA) is 84.2 Å². The average molecular weight is 239 g/mol. The predicted molar refractivity (Wildman–Crippen MR) is 61.7 cm³/mol. The molecule has 0 unspecified atom stereocenters. The number of hydrogen-bond donors (Lipinski definition) is 3. The highest BCUT2D eigenvalue weighted by molar-refractivity contribution is 5.94. The SMILES string of the molecule is NCCC(=O)NCC(=O)Nc1cccc(F)c1. The van der Waals surface area contributed by atoms with Crippen LogP contribution in [-0.2, 0) is 9.59 Å². The maximum atomic E-state index is 12.8. The lowest BCUT2D eigenvalue weighted by atomic mass is 10.3. The molecule has 17 heavy (non-hydrogen) atoms. The number of carbonyl (C=O) groups is 2. The summed E-state index contributed by atoms with van der Waals surface area (Å²) in [6.45, 7) is 0.0761. The zero-order valence-corrected chi connectivity index (χ0v) is 9.20. The van der Waals surface area contributed by atoms with Gasteiger partial charge in [-0.25, -0.2) is 4.39 Å². The molecule has 0 aliphatic carbocycles. The number of carbonyl (C=O) groups excluding carboxylic acids is 2. The highest BCUT2D eigenvalue weighted by Crippen LogP contribution is 2.08. The lowest BCUT2D eigenvalue weighted by molar-refractivity contribution is -0.124. The molecule has 92 valence electrons. The van der Waals surface area contributed by atoms with Crippen LogP contribution in [0, 0.1) is 5.82 Å². The molecule has 1 aromatic rings. The first-order chi connectivity index (χ1) is 8.11. The van der Waals surface area contributed by atoms with Gasteiger partial charge in [-0.3, -0.25) is 9.59 Å². The Bertz CT molecular complexity index is 409. The van der Waals surface area contributed by atoms with Crippen molar-refractivity contribution < 1.29 is 14.0 Å². The van der Waals surface area contributed by atoms with Crippen LogP contribution >= 0.6 is 0 Å². The molecule has 1 rings (SSSR count).